The molecule has 15 heavy (non-hydrogen) atoms. The Labute approximate surface area is 91.8 Å². The third kappa shape index (κ3) is 2.40. The van der Waals surface area contributed by atoms with Gasteiger partial charge < -0.3 is 9.84 Å². The number of esters is 1. The van der Waals surface area contributed by atoms with Crippen molar-refractivity contribution in [3.05, 3.63) is 29.8 Å². The highest BCUT2D eigenvalue weighted by Gasteiger charge is 2.31. The number of carbonyl (C=O) groups is 1. The molecule has 4 nitrogen and oxygen atoms in total. The quantitative estimate of drug-likeness (QED) is 0.449. The second-order valence-corrected chi connectivity index (χ2v) is 3.74. The number of ether oxygens (including phenoxy) is 1. The van der Waals surface area contributed by atoms with E-state index in [-0.39, 0.29) is 11.7 Å². The van der Waals surface area contributed by atoms with Crippen LogP contribution in [0.15, 0.2) is 24.3 Å². The van der Waals surface area contributed by atoms with Gasteiger partial charge in [-0.3, -0.25) is 10.1 Å². The molecule has 1 aliphatic heterocycles. The summed E-state index contributed by atoms with van der Waals surface area (Å²) in [7, 11) is 0. The van der Waals surface area contributed by atoms with Gasteiger partial charge in [-0.1, -0.05) is 23.7 Å². The van der Waals surface area contributed by atoms with Crippen molar-refractivity contribution in [2.24, 2.45) is 0 Å². The molecule has 1 heterocycles. The van der Waals surface area contributed by atoms with E-state index in [2.05, 4.69) is 5.32 Å². The topological polar surface area (TPSA) is 58.6 Å². The monoisotopic (exact) mass is 227 g/mol. The van der Waals surface area contributed by atoms with Crippen molar-refractivity contribution in [2.45, 2.75) is 18.1 Å². The fraction of sp³-hybridized carbons (Fsp3) is 0.300. The van der Waals surface area contributed by atoms with Crippen LogP contribution < -0.4 is 5.32 Å². The molecule has 1 saturated heterocycles. The van der Waals surface area contributed by atoms with Gasteiger partial charge in [-0.15, -0.1) is 0 Å². The van der Waals surface area contributed by atoms with Crippen molar-refractivity contribution >= 4 is 17.6 Å². The molecule has 0 radical (unpaired) electrons. The Morgan fingerprint density at radius 1 is 1.40 bits per heavy atom. The number of carbonyl (C=O) groups excluding carboxylic acids is 1. The molecule has 0 unspecified atom stereocenters. The Morgan fingerprint density at radius 3 is 2.60 bits per heavy atom. The molecule has 5 heteroatoms. The van der Waals surface area contributed by atoms with E-state index in [9.17, 15) is 4.79 Å². The lowest BCUT2D eigenvalue weighted by atomic mass is 10.1. The highest BCUT2D eigenvalue weighted by atomic mass is 35.5. The maximum absolute atomic E-state index is 11.2. The molecule has 80 valence electrons. The lowest BCUT2D eigenvalue weighted by molar-refractivity contribution is -0.140. The second-order valence-electron chi connectivity index (χ2n) is 3.34. The number of hydrogen-bond donors (Lipinski definition) is 2. The minimum atomic E-state index is -0.736. The maximum atomic E-state index is 11.2. The molecule has 1 aliphatic rings. The number of rotatable bonds is 2. The molecular weight excluding hydrogens is 218 g/mol. The summed E-state index contributed by atoms with van der Waals surface area (Å²) in [5, 5.41) is 11.9. The van der Waals surface area contributed by atoms with Gasteiger partial charge in [0.25, 0.3) is 0 Å². The molecule has 0 bridgehead atoms. The molecule has 2 rings (SSSR count). The maximum Gasteiger partial charge on any atom is 0.326 e. The van der Waals surface area contributed by atoms with Crippen LogP contribution in [0.5, 0.6) is 5.75 Å². The van der Waals surface area contributed by atoms with Crippen molar-refractivity contribution in [1.82, 2.24) is 5.32 Å². The average Bonchev–Trinajstić information content (AvgIpc) is 2.49. The van der Waals surface area contributed by atoms with Crippen LogP contribution in [0, 0.1) is 0 Å². The third-order valence-electron chi connectivity index (χ3n) is 2.21. The summed E-state index contributed by atoms with van der Waals surface area (Å²) in [6.07, 6.45) is 0.502. The zero-order valence-corrected chi connectivity index (χ0v) is 8.57. The highest BCUT2D eigenvalue weighted by Crippen LogP contribution is 2.15. The lowest BCUT2D eigenvalue weighted by Gasteiger charge is -2.06. The molecule has 0 aromatic heterocycles. The Balaban J connectivity index is 2.03. The Bertz CT molecular complexity index is 365. The molecule has 1 fully saturated rings. The van der Waals surface area contributed by atoms with Gasteiger partial charge in [0.15, 0.2) is 0 Å². The molecule has 0 amide bonds. The van der Waals surface area contributed by atoms with Crippen LogP contribution in [-0.2, 0) is 16.0 Å². The van der Waals surface area contributed by atoms with Crippen molar-refractivity contribution in [3.63, 3.8) is 0 Å². The van der Waals surface area contributed by atoms with E-state index in [1.165, 1.54) is 0 Å². The fourth-order valence-corrected chi connectivity index (χ4v) is 1.69. The second kappa shape index (κ2) is 4.08. The van der Waals surface area contributed by atoms with Crippen molar-refractivity contribution < 1.29 is 14.6 Å². The van der Waals surface area contributed by atoms with Crippen molar-refractivity contribution in [1.29, 1.82) is 0 Å². The van der Waals surface area contributed by atoms with E-state index in [4.69, 9.17) is 21.4 Å². The number of halogens is 1. The summed E-state index contributed by atoms with van der Waals surface area (Å²) in [5.41, 5.74) is 0.202. The summed E-state index contributed by atoms with van der Waals surface area (Å²) in [5.74, 6) is -0.140. The van der Waals surface area contributed by atoms with E-state index >= 15 is 0 Å². The van der Waals surface area contributed by atoms with Crippen LogP contribution in [0.25, 0.3) is 0 Å². The van der Waals surface area contributed by atoms with Gasteiger partial charge in [-0.25, -0.2) is 0 Å². The van der Waals surface area contributed by atoms with E-state index in [1.807, 2.05) is 0 Å². The molecule has 2 atom stereocenters. The van der Waals surface area contributed by atoms with E-state index in [0.717, 1.165) is 5.56 Å². The normalized spacial score (nSPS) is 25.3. The minimum Gasteiger partial charge on any atom is -0.508 e. The van der Waals surface area contributed by atoms with E-state index < -0.39 is 11.7 Å². The molecule has 1 aromatic carbocycles. The van der Waals surface area contributed by atoms with Gasteiger partial charge in [0.2, 0.25) is 5.69 Å². The van der Waals surface area contributed by atoms with Gasteiger partial charge in [-0.05, 0) is 24.1 Å². The molecule has 0 saturated carbocycles. The van der Waals surface area contributed by atoms with Crippen LogP contribution in [0.1, 0.15) is 5.56 Å². The smallest absolute Gasteiger partial charge is 0.326 e. The first-order valence-electron chi connectivity index (χ1n) is 4.53. The highest BCUT2D eigenvalue weighted by molar-refractivity contribution is 6.20. The summed E-state index contributed by atoms with van der Waals surface area (Å²) < 4.78 is 4.74. The van der Waals surface area contributed by atoms with E-state index in [0.29, 0.717) is 6.42 Å². The first-order valence-corrected chi connectivity index (χ1v) is 4.97. The number of phenols is 1. The molecule has 1 aromatic rings. The molecular formula is C10H10ClNO3. The molecule has 2 N–H and O–H groups in total. The number of hydrogen-bond acceptors (Lipinski definition) is 4. The zero-order valence-electron chi connectivity index (χ0n) is 7.81. The van der Waals surface area contributed by atoms with Gasteiger partial charge in [0, 0.05) is 0 Å². The fourth-order valence-electron chi connectivity index (χ4n) is 1.45. The van der Waals surface area contributed by atoms with Crippen LogP contribution in [0.3, 0.4) is 0 Å². The Hall–Kier alpha value is -1.26. The van der Waals surface area contributed by atoms with Crippen LogP contribution in [0.4, 0.5) is 0 Å². The number of benzene rings is 1. The zero-order chi connectivity index (χ0) is 10.8. The predicted molar refractivity (Wildman–Crippen MR) is 54.5 cm³/mol. The van der Waals surface area contributed by atoms with Crippen LogP contribution in [0.2, 0.25) is 0 Å². The average molecular weight is 228 g/mol. The SMILES string of the molecule is O=C1O[C@H](Cl)N[C@H]1Cc1ccc(O)cc1. The lowest BCUT2D eigenvalue weighted by Crippen LogP contribution is -2.31. The summed E-state index contributed by atoms with van der Waals surface area (Å²) in [6.45, 7) is 0. The Morgan fingerprint density at radius 2 is 2.07 bits per heavy atom. The number of aromatic hydroxyl groups is 1. The van der Waals surface area contributed by atoms with Gasteiger partial charge in [0.1, 0.15) is 11.8 Å². The van der Waals surface area contributed by atoms with Gasteiger partial charge >= 0.3 is 5.97 Å². The first kappa shape index (κ1) is 10.3. The largest absolute Gasteiger partial charge is 0.508 e. The number of nitrogens with one attached hydrogen (secondary N) is 1. The van der Waals surface area contributed by atoms with Gasteiger partial charge in [0.05, 0.1) is 0 Å². The summed E-state index contributed by atoms with van der Waals surface area (Å²) in [6, 6.07) is 6.26. The van der Waals surface area contributed by atoms with Crippen LogP contribution in [-0.4, -0.2) is 22.8 Å². The minimum absolute atomic E-state index is 0.205. The van der Waals surface area contributed by atoms with E-state index in [1.54, 1.807) is 24.3 Å². The van der Waals surface area contributed by atoms with Crippen molar-refractivity contribution in [3.8, 4) is 5.75 Å². The third-order valence-corrected chi connectivity index (χ3v) is 2.43. The summed E-state index contributed by atoms with van der Waals surface area (Å²) in [4.78, 5) is 11.2. The molecule has 0 spiro atoms. The van der Waals surface area contributed by atoms with Crippen molar-refractivity contribution in [2.75, 3.05) is 0 Å². The molecule has 0 aliphatic carbocycles. The summed E-state index contributed by atoms with van der Waals surface area (Å²) >= 11 is 5.60. The van der Waals surface area contributed by atoms with Crippen LogP contribution >= 0.6 is 11.6 Å². The Kier molecular flexibility index (Phi) is 2.79. The number of phenolic OH excluding ortho intramolecular Hbond substituents is 1. The standard InChI is InChI=1S/C10H10ClNO3/c11-10-12-8(9(14)15-10)5-6-1-3-7(13)4-2-6/h1-4,8,10,12-13H,5H2/t8-,10+/m0/s1. The number of alkyl halides is 1. The number of cyclic esters (lactones) is 1. The predicted octanol–water partition coefficient (Wildman–Crippen LogP) is 0.972. The van der Waals surface area contributed by atoms with Gasteiger partial charge in [-0.2, -0.15) is 0 Å². The first-order chi connectivity index (χ1) is 7.15.